The molecular formula is C21H30N6O. The van der Waals surface area contributed by atoms with Gasteiger partial charge in [0.2, 0.25) is 5.95 Å². The van der Waals surface area contributed by atoms with Crippen molar-refractivity contribution >= 4 is 11.8 Å². The summed E-state index contributed by atoms with van der Waals surface area (Å²) >= 11 is 0. The van der Waals surface area contributed by atoms with Crippen LogP contribution in [0.15, 0.2) is 36.5 Å². The standard InChI is InChI=1S/C21H30N6O/c1-2-4-18(5-3-1)16-19-6-9-27(10-7-19)20-17-23-25-21(24-20)22-8-11-26-12-14-28-15-13-26/h1-5,17,19H,6-16H2,(H,22,24,25). The van der Waals surface area contributed by atoms with Gasteiger partial charge in [0.15, 0.2) is 5.82 Å². The smallest absolute Gasteiger partial charge is 0.244 e. The Bertz CT molecular complexity index is 714. The van der Waals surface area contributed by atoms with Gasteiger partial charge in [-0.3, -0.25) is 4.90 Å². The van der Waals surface area contributed by atoms with Gasteiger partial charge in [-0.15, -0.1) is 5.10 Å². The van der Waals surface area contributed by atoms with Crippen LogP contribution < -0.4 is 10.2 Å². The van der Waals surface area contributed by atoms with Gasteiger partial charge in [-0.2, -0.15) is 10.1 Å². The summed E-state index contributed by atoms with van der Waals surface area (Å²) in [5, 5.41) is 11.6. The molecule has 2 fully saturated rings. The number of benzene rings is 1. The molecule has 0 amide bonds. The van der Waals surface area contributed by atoms with E-state index in [4.69, 9.17) is 4.74 Å². The minimum absolute atomic E-state index is 0.622. The minimum atomic E-state index is 0.622. The summed E-state index contributed by atoms with van der Waals surface area (Å²) in [7, 11) is 0. The molecule has 1 aromatic heterocycles. The average Bonchev–Trinajstić information content (AvgIpc) is 2.76. The van der Waals surface area contributed by atoms with E-state index in [0.29, 0.717) is 5.95 Å². The number of ether oxygens (including phenoxy) is 1. The molecule has 150 valence electrons. The van der Waals surface area contributed by atoms with Crippen molar-refractivity contribution in [1.82, 2.24) is 20.1 Å². The number of hydrogen-bond donors (Lipinski definition) is 1. The Morgan fingerprint density at radius 3 is 2.61 bits per heavy atom. The van der Waals surface area contributed by atoms with Crippen LogP contribution in [0.25, 0.3) is 0 Å². The van der Waals surface area contributed by atoms with Crippen LogP contribution in [-0.4, -0.2) is 72.6 Å². The predicted molar refractivity (Wildman–Crippen MR) is 111 cm³/mol. The third-order valence-electron chi connectivity index (χ3n) is 5.67. The van der Waals surface area contributed by atoms with E-state index in [1.54, 1.807) is 6.20 Å². The molecule has 3 heterocycles. The van der Waals surface area contributed by atoms with E-state index in [9.17, 15) is 0 Å². The maximum absolute atomic E-state index is 5.39. The fourth-order valence-corrected chi connectivity index (χ4v) is 3.99. The van der Waals surface area contributed by atoms with Crippen molar-refractivity contribution in [3.63, 3.8) is 0 Å². The topological polar surface area (TPSA) is 66.4 Å². The van der Waals surface area contributed by atoms with Gasteiger partial charge in [-0.1, -0.05) is 30.3 Å². The number of rotatable bonds is 7. The van der Waals surface area contributed by atoms with Crippen molar-refractivity contribution in [2.24, 2.45) is 5.92 Å². The second-order valence-corrected chi connectivity index (χ2v) is 7.64. The Hall–Kier alpha value is -2.25. The van der Waals surface area contributed by atoms with Crippen LogP contribution in [0.5, 0.6) is 0 Å². The molecule has 2 saturated heterocycles. The first-order valence-corrected chi connectivity index (χ1v) is 10.4. The van der Waals surface area contributed by atoms with E-state index in [0.717, 1.165) is 64.2 Å². The normalized spacial score (nSPS) is 18.9. The number of morpholine rings is 1. The average molecular weight is 383 g/mol. The third-order valence-corrected chi connectivity index (χ3v) is 5.67. The fraction of sp³-hybridized carbons (Fsp3) is 0.571. The summed E-state index contributed by atoms with van der Waals surface area (Å²) in [5.41, 5.74) is 1.44. The molecule has 2 aromatic rings. The van der Waals surface area contributed by atoms with Crippen molar-refractivity contribution in [3.8, 4) is 0 Å². The molecule has 0 unspecified atom stereocenters. The first-order valence-electron chi connectivity index (χ1n) is 10.4. The first-order chi connectivity index (χ1) is 13.9. The Morgan fingerprint density at radius 2 is 1.82 bits per heavy atom. The maximum atomic E-state index is 5.39. The van der Waals surface area contributed by atoms with E-state index in [1.807, 2.05) is 0 Å². The molecule has 0 atom stereocenters. The SMILES string of the molecule is c1ccc(CC2CCN(c3cnnc(NCCN4CCOCC4)n3)CC2)cc1. The highest BCUT2D eigenvalue weighted by Crippen LogP contribution is 2.24. The molecule has 0 spiro atoms. The summed E-state index contributed by atoms with van der Waals surface area (Å²) in [6, 6.07) is 10.8. The first kappa shape index (κ1) is 19.1. The van der Waals surface area contributed by atoms with Gasteiger partial charge in [-0.25, -0.2) is 0 Å². The molecule has 7 heteroatoms. The second-order valence-electron chi connectivity index (χ2n) is 7.64. The maximum Gasteiger partial charge on any atom is 0.244 e. The van der Waals surface area contributed by atoms with Crippen molar-refractivity contribution in [2.45, 2.75) is 19.3 Å². The zero-order valence-corrected chi connectivity index (χ0v) is 16.5. The number of piperidine rings is 1. The fourth-order valence-electron chi connectivity index (χ4n) is 3.99. The molecule has 0 aliphatic carbocycles. The molecule has 1 aromatic carbocycles. The second kappa shape index (κ2) is 9.80. The van der Waals surface area contributed by atoms with Crippen molar-refractivity contribution in [1.29, 1.82) is 0 Å². The third kappa shape index (κ3) is 5.39. The highest BCUT2D eigenvalue weighted by molar-refractivity contribution is 5.40. The van der Waals surface area contributed by atoms with Gasteiger partial charge in [0, 0.05) is 39.3 Å². The van der Waals surface area contributed by atoms with Crippen LogP contribution in [0.1, 0.15) is 18.4 Å². The van der Waals surface area contributed by atoms with E-state index < -0.39 is 0 Å². The Kier molecular flexibility index (Phi) is 6.68. The van der Waals surface area contributed by atoms with E-state index in [-0.39, 0.29) is 0 Å². The molecule has 1 N–H and O–H groups in total. The van der Waals surface area contributed by atoms with Crippen molar-refractivity contribution in [2.75, 3.05) is 62.7 Å². The molecule has 28 heavy (non-hydrogen) atoms. The molecule has 4 rings (SSSR count). The lowest BCUT2D eigenvalue weighted by atomic mass is 9.90. The monoisotopic (exact) mass is 382 g/mol. The molecule has 0 bridgehead atoms. The van der Waals surface area contributed by atoms with Gasteiger partial charge in [0.05, 0.1) is 19.4 Å². The number of hydrogen-bond acceptors (Lipinski definition) is 7. The van der Waals surface area contributed by atoms with Gasteiger partial charge in [-0.05, 0) is 30.7 Å². The van der Waals surface area contributed by atoms with Gasteiger partial charge in [0.1, 0.15) is 0 Å². The van der Waals surface area contributed by atoms with E-state index in [2.05, 4.69) is 60.6 Å². The number of nitrogens with one attached hydrogen (secondary N) is 1. The van der Waals surface area contributed by atoms with Crippen LogP contribution in [0.2, 0.25) is 0 Å². The molecular weight excluding hydrogens is 352 g/mol. The number of anilines is 2. The molecule has 7 nitrogen and oxygen atoms in total. The Balaban J connectivity index is 1.24. The van der Waals surface area contributed by atoms with E-state index in [1.165, 1.54) is 24.8 Å². The summed E-state index contributed by atoms with van der Waals surface area (Å²) in [6.07, 6.45) is 5.34. The van der Waals surface area contributed by atoms with Crippen molar-refractivity contribution in [3.05, 3.63) is 42.1 Å². The van der Waals surface area contributed by atoms with Crippen molar-refractivity contribution < 1.29 is 4.74 Å². The zero-order valence-electron chi connectivity index (χ0n) is 16.5. The van der Waals surface area contributed by atoms with Crippen LogP contribution in [0, 0.1) is 5.92 Å². The van der Waals surface area contributed by atoms with Gasteiger partial charge < -0.3 is 15.0 Å². The lowest BCUT2D eigenvalue weighted by Gasteiger charge is -2.32. The molecule has 0 saturated carbocycles. The summed E-state index contributed by atoms with van der Waals surface area (Å²) < 4.78 is 5.39. The van der Waals surface area contributed by atoms with Crippen LogP contribution in [0.4, 0.5) is 11.8 Å². The quantitative estimate of drug-likeness (QED) is 0.786. The predicted octanol–water partition coefficient (Wildman–Crippen LogP) is 2.07. The van der Waals surface area contributed by atoms with Gasteiger partial charge >= 0.3 is 0 Å². The highest BCUT2D eigenvalue weighted by Gasteiger charge is 2.21. The Morgan fingerprint density at radius 1 is 1.04 bits per heavy atom. The lowest BCUT2D eigenvalue weighted by Crippen LogP contribution is -2.39. The molecule has 2 aliphatic rings. The lowest BCUT2D eigenvalue weighted by molar-refractivity contribution is 0.0398. The molecule has 2 aliphatic heterocycles. The number of aromatic nitrogens is 3. The largest absolute Gasteiger partial charge is 0.379 e. The minimum Gasteiger partial charge on any atom is -0.379 e. The van der Waals surface area contributed by atoms with E-state index >= 15 is 0 Å². The number of nitrogens with zero attached hydrogens (tertiary/aromatic N) is 5. The van der Waals surface area contributed by atoms with Crippen LogP contribution in [-0.2, 0) is 11.2 Å². The summed E-state index contributed by atoms with van der Waals surface area (Å²) in [5.74, 6) is 2.30. The molecule has 0 radical (unpaired) electrons. The zero-order chi connectivity index (χ0) is 19.0. The highest BCUT2D eigenvalue weighted by atomic mass is 16.5. The summed E-state index contributed by atoms with van der Waals surface area (Å²) in [4.78, 5) is 9.42. The van der Waals surface area contributed by atoms with Gasteiger partial charge in [0.25, 0.3) is 0 Å². The van der Waals surface area contributed by atoms with Crippen LogP contribution >= 0.6 is 0 Å². The summed E-state index contributed by atoms with van der Waals surface area (Å²) in [6.45, 7) is 7.51. The Labute approximate surface area is 167 Å². The van der Waals surface area contributed by atoms with Crippen LogP contribution in [0.3, 0.4) is 0 Å².